The van der Waals surface area contributed by atoms with E-state index in [9.17, 15) is 14.4 Å². The molecule has 5 aromatic rings. The minimum Gasteiger partial charge on any atom is -0.489 e. The number of benzene rings is 4. The van der Waals surface area contributed by atoms with Gasteiger partial charge in [0.2, 0.25) is 5.91 Å². The maximum Gasteiger partial charge on any atom is 0.272 e. The fourth-order valence-corrected chi connectivity index (χ4v) is 4.81. The summed E-state index contributed by atoms with van der Waals surface area (Å²) < 4.78 is 5.87. The molecule has 0 saturated carbocycles. The molecule has 0 atom stereocenters. The monoisotopic (exact) mass is 614 g/mol. The molecule has 0 aliphatic heterocycles. The summed E-state index contributed by atoms with van der Waals surface area (Å²) >= 11 is 1.36. The lowest BCUT2D eigenvalue weighted by molar-refractivity contribution is -0.114. The molecule has 224 valence electrons. The van der Waals surface area contributed by atoms with Gasteiger partial charge in [0.05, 0.1) is 5.75 Å². The van der Waals surface area contributed by atoms with Gasteiger partial charge in [-0.05, 0) is 77.9 Å². The van der Waals surface area contributed by atoms with E-state index in [1.807, 2.05) is 72.8 Å². The third-order valence-corrected chi connectivity index (χ3v) is 7.39. The average Bonchev–Trinajstić information content (AvgIpc) is 3.08. The van der Waals surface area contributed by atoms with Crippen molar-refractivity contribution in [3.63, 3.8) is 0 Å². The van der Waals surface area contributed by atoms with Gasteiger partial charge in [-0.25, -0.2) is 4.98 Å². The van der Waals surface area contributed by atoms with Gasteiger partial charge in [0, 0.05) is 22.3 Å². The van der Waals surface area contributed by atoms with E-state index in [1.165, 1.54) is 11.8 Å². The molecule has 1 heterocycles. The summed E-state index contributed by atoms with van der Waals surface area (Å²) in [6.07, 6.45) is 3.23. The second-order valence-corrected chi connectivity index (χ2v) is 10.8. The van der Waals surface area contributed by atoms with Crippen LogP contribution < -0.4 is 20.7 Å². The van der Waals surface area contributed by atoms with Gasteiger partial charge in [-0.15, -0.1) is 11.8 Å². The van der Waals surface area contributed by atoms with Crippen LogP contribution in [-0.4, -0.2) is 28.5 Å². The minimum absolute atomic E-state index is 0.0754. The largest absolute Gasteiger partial charge is 0.489 e. The summed E-state index contributed by atoms with van der Waals surface area (Å²) in [5, 5.41) is 8.35. The molecule has 5 rings (SSSR count). The van der Waals surface area contributed by atoms with Crippen LogP contribution in [0, 0.1) is 0 Å². The normalized spacial score (nSPS) is 10.9. The first-order valence-electron chi connectivity index (χ1n) is 14.1. The van der Waals surface area contributed by atoms with Crippen LogP contribution in [0.5, 0.6) is 5.75 Å². The van der Waals surface area contributed by atoms with Crippen molar-refractivity contribution in [2.75, 3.05) is 16.4 Å². The standard InChI is InChI=1S/C36H30N4O4S/c41-34(40-33-13-7-8-22-37-33)25-45-31-20-16-29(17-21-31)38-36(43)32(39-35(42)28-11-5-2-6-12-28)23-26-14-18-30(19-15-26)44-24-27-9-3-1-4-10-27/h1-23H,24-25H2,(H,38,43)(H,39,42)(H,37,40,41)/b32-23-. The van der Waals surface area contributed by atoms with Crippen molar-refractivity contribution in [1.29, 1.82) is 0 Å². The molecule has 3 N–H and O–H groups in total. The molecular formula is C36H30N4O4S. The molecule has 0 fully saturated rings. The number of aromatic nitrogens is 1. The van der Waals surface area contributed by atoms with E-state index in [0.717, 1.165) is 10.5 Å². The van der Waals surface area contributed by atoms with Crippen molar-refractivity contribution < 1.29 is 19.1 Å². The van der Waals surface area contributed by atoms with Gasteiger partial charge < -0.3 is 20.7 Å². The number of amides is 3. The van der Waals surface area contributed by atoms with Gasteiger partial charge in [0.25, 0.3) is 11.8 Å². The zero-order chi connectivity index (χ0) is 31.3. The number of anilines is 2. The summed E-state index contributed by atoms with van der Waals surface area (Å²) in [4.78, 5) is 43.6. The predicted molar refractivity (Wildman–Crippen MR) is 178 cm³/mol. The molecular weight excluding hydrogens is 584 g/mol. The maximum absolute atomic E-state index is 13.4. The van der Waals surface area contributed by atoms with Crippen LogP contribution in [0.25, 0.3) is 6.08 Å². The molecule has 4 aromatic carbocycles. The van der Waals surface area contributed by atoms with Crippen LogP contribution in [-0.2, 0) is 16.2 Å². The Morgan fingerprint density at radius 2 is 1.42 bits per heavy atom. The van der Waals surface area contributed by atoms with Crippen LogP contribution in [0.2, 0.25) is 0 Å². The molecule has 3 amide bonds. The molecule has 8 nitrogen and oxygen atoms in total. The minimum atomic E-state index is -0.487. The Hall–Kier alpha value is -5.67. The lowest BCUT2D eigenvalue weighted by atomic mass is 10.1. The summed E-state index contributed by atoms with van der Waals surface area (Å²) in [5.74, 6) is 0.320. The average molecular weight is 615 g/mol. The van der Waals surface area contributed by atoms with E-state index in [2.05, 4.69) is 20.9 Å². The van der Waals surface area contributed by atoms with Crippen molar-refractivity contribution in [3.05, 3.63) is 156 Å². The van der Waals surface area contributed by atoms with Crippen molar-refractivity contribution in [3.8, 4) is 5.75 Å². The first kappa shape index (κ1) is 30.8. The number of nitrogens with one attached hydrogen (secondary N) is 3. The molecule has 0 spiro atoms. The lowest BCUT2D eigenvalue weighted by Gasteiger charge is -2.12. The second-order valence-electron chi connectivity index (χ2n) is 9.75. The first-order valence-corrected chi connectivity index (χ1v) is 15.1. The van der Waals surface area contributed by atoms with Gasteiger partial charge in [-0.3, -0.25) is 14.4 Å². The van der Waals surface area contributed by atoms with Gasteiger partial charge in [-0.1, -0.05) is 66.7 Å². The zero-order valence-electron chi connectivity index (χ0n) is 24.2. The highest BCUT2D eigenvalue weighted by Gasteiger charge is 2.15. The van der Waals surface area contributed by atoms with Gasteiger partial charge in [0.15, 0.2) is 0 Å². The highest BCUT2D eigenvalue weighted by molar-refractivity contribution is 8.00. The molecule has 0 aliphatic rings. The van der Waals surface area contributed by atoms with Gasteiger partial charge in [-0.2, -0.15) is 0 Å². The van der Waals surface area contributed by atoms with E-state index in [4.69, 9.17) is 4.74 Å². The fraction of sp³-hybridized carbons (Fsp3) is 0.0556. The molecule has 0 aliphatic carbocycles. The number of hydrogen-bond acceptors (Lipinski definition) is 6. The first-order chi connectivity index (χ1) is 22.0. The quantitative estimate of drug-likeness (QED) is 0.105. The summed E-state index contributed by atoms with van der Waals surface area (Å²) in [5.41, 5.74) is 2.80. The molecule has 0 saturated heterocycles. The number of nitrogens with zero attached hydrogens (tertiary/aromatic N) is 1. The number of thioether (sulfide) groups is 1. The Bertz CT molecular complexity index is 1750. The van der Waals surface area contributed by atoms with Crippen molar-refractivity contribution in [1.82, 2.24) is 10.3 Å². The molecule has 0 unspecified atom stereocenters. The van der Waals surface area contributed by atoms with Crippen LogP contribution in [0.15, 0.2) is 144 Å². The summed E-state index contributed by atoms with van der Waals surface area (Å²) in [6.45, 7) is 0.437. The zero-order valence-corrected chi connectivity index (χ0v) is 25.0. The lowest BCUT2D eigenvalue weighted by Crippen LogP contribution is -2.30. The summed E-state index contributed by atoms with van der Waals surface area (Å²) in [6, 6.07) is 38.2. The number of carbonyl (C=O) groups excluding carboxylic acids is 3. The van der Waals surface area contributed by atoms with Crippen LogP contribution in [0.3, 0.4) is 0 Å². The SMILES string of the molecule is O=C(CSc1ccc(NC(=O)/C(=C/c2ccc(OCc3ccccc3)cc2)NC(=O)c2ccccc2)cc1)Nc1ccccn1. The van der Waals surface area contributed by atoms with E-state index >= 15 is 0 Å². The topological polar surface area (TPSA) is 109 Å². The molecule has 0 bridgehead atoms. The van der Waals surface area contributed by atoms with Crippen molar-refractivity contribution in [2.24, 2.45) is 0 Å². The van der Waals surface area contributed by atoms with Crippen LogP contribution >= 0.6 is 11.8 Å². The van der Waals surface area contributed by atoms with Gasteiger partial charge >= 0.3 is 0 Å². The Morgan fingerprint density at radius 3 is 2.11 bits per heavy atom. The highest BCUT2D eigenvalue weighted by atomic mass is 32.2. The van der Waals surface area contributed by atoms with Crippen molar-refractivity contribution >= 4 is 47.1 Å². The number of hydrogen-bond donors (Lipinski definition) is 3. The third-order valence-electron chi connectivity index (χ3n) is 6.38. The number of pyridine rings is 1. The Kier molecular flexibility index (Phi) is 10.7. The van der Waals surface area contributed by atoms with Crippen LogP contribution in [0.4, 0.5) is 11.5 Å². The second kappa shape index (κ2) is 15.7. The van der Waals surface area contributed by atoms with E-state index < -0.39 is 11.8 Å². The van der Waals surface area contributed by atoms with E-state index in [-0.39, 0.29) is 17.4 Å². The van der Waals surface area contributed by atoms with Crippen LogP contribution in [0.1, 0.15) is 21.5 Å². The third kappa shape index (κ3) is 9.67. The molecule has 9 heteroatoms. The fourth-order valence-electron chi connectivity index (χ4n) is 4.11. The van der Waals surface area contributed by atoms with E-state index in [1.54, 1.807) is 66.9 Å². The smallest absolute Gasteiger partial charge is 0.272 e. The maximum atomic E-state index is 13.4. The number of rotatable bonds is 12. The molecule has 1 aromatic heterocycles. The highest BCUT2D eigenvalue weighted by Crippen LogP contribution is 2.22. The molecule has 45 heavy (non-hydrogen) atoms. The number of ether oxygens (including phenoxy) is 1. The van der Waals surface area contributed by atoms with Crippen molar-refractivity contribution in [2.45, 2.75) is 11.5 Å². The predicted octanol–water partition coefficient (Wildman–Crippen LogP) is 6.80. The number of carbonyl (C=O) groups is 3. The Labute approximate surface area is 265 Å². The molecule has 0 radical (unpaired) electrons. The Balaban J connectivity index is 1.23. The van der Waals surface area contributed by atoms with E-state index in [0.29, 0.717) is 35.0 Å². The Morgan fingerprint density at radius 1 is 0.733 bits per heavy atom. The van der Waals surface area contributed by atoms with Gasteiger partial charge in [0.1, 0.15) is 23.9 Å². The summed E-state index contributed by atoms with van der Waals surface area (Å²) in [7, 11) is 0.